The van der Waals surface area contributed by atoms with Crippen LogP contribution >= 0.6 is 11.6 Å². The molecule has 0 saturated heterocycles. The summed E-state index contributed by atoms with van der Waals surface area (Å²) in [4.78, 5) is 0. The van der Waals surface area contributed by atoms with Crippen molar-refractivity contribution in [2.75, 3.05) is 0 Å². The molecule has 1 rings (SSSR count). The van der Waals surface area contributed by atoms with Crippen LogP contribution in [0.25, 0.3) is 0 Å². The van der Waals surface area contributed by atoms with Gasteiger partial charge in [-0.15, -0.1) is 0 Å². The summed E-state index contributed by atoms with van der Waals surface area (Å²) in [5.41, 5.74) is 0.819. The molecule has 0 fully saturated rings. The van der Waals surface area contributed by atoms with Gasteiger partial charge in [0.15, 0.2) is 6.21 Å². The van der Waals surface area contributed by atoms with E-state index < -0.39 is 0 Å². The molecule has 0 spiro atoms. The molecule has 0 aliphatic rings. The lowest BCUT2D eigenvalue weighted by atomic mass is 10.2. The Morgan fingerprint density at radius 3 is 2.40 bits per heavy atom. The van der Waals surface area contributed by atoms with Crippen LogP contribution in [0.1, 0.15) is 5.56 Å². The summed E-state index contributed by atoms with van der Waals surface area (Å²) in [6.45, 7) is 0. The number of benzene rings is 1. The van der Waals surface area contributed by atoms with Crippen LogP contribution in [0.5, 0.6) is 0 Å². The van der Waals surface area contributed by atoms with Crippen molar-refractivity contribution in [1.82, 2.24) is 0 Å². The number of hydrogen-bond donors (Lipinski definition) is 1. The molecule has 0 aliphatic heterocycles. The van der Waals surface area contributed by atoms with Gasteiger partial charge in [-0.25, -0.2) is 5.16 Å². The van der Waals surface area contributed by atoms with Crippen molar-refractivity contribution in [2.45, 2.75) is 0 Å². The van der Waals surface area contributed by atoms with E-state index in [-0.39, 0.29) is 0 Å². The standard InChI is InChI=1S/C7H6ClNO/c8-7-3-1-6(2-4-7)5-9-10/h1-5,9H. The van der Waals surface area contributed by atoms with Crippen molar-refractivity contribution in [3.63, 3.8) is 0 Å². The summed E-state index contributed by atoms with van der Waals surface area (Å²) in [6, 6.07) is 6.97. The third-order valence-corrected chi connectivity index (χ3v) is 1.35. The maximum atomic E-state index is 9.85. The van der Waals surface area contributed by atoms with Crippen LogP contribution in [0.15, 0.2) is 24.3 Å². The van der Waals surface area contributed by atoms with Gasteiger partial charge in [-0.05, 0) is 24.3 Å². The van der Waals surface area contributed by atoms with Crippen molar-refractivity contribution in [3.8, 4) is 0 Å². The van der Waals surface area contributed by atoms with Crippen LogP contribution in [0, 0.1) is 5.21 Å². The Bertz CT molecular complexity index is 230. The molecule has 1 aromatic rings. The average Bonchev–Trinajstić information content (AvgIpc) is 1.95. The van der Waals surface area contributed by atoms with Gasteiger partial charge in [0.25, 0.3) is 0 Å². The van der Waals surface area contributed by atoms with E-state index in [0.717, 1.165) is 5.56 Å². The van der Waals surface area contributed by atoms with Gasteiger partial charge < -0.3 is 5.21 Å². The Morgan fingerprint density at radius 2 is 1.90 bits per heavy atom. The minimum atomic E-state index is 0.669. The van der Waals surface area contributed by atoms with E-state index in [1.165, 1.54) is 6.21 Å². The van der Waals surface area contributed by atoms with Crippen LogP contribution in [-0.4, -0.2) is 6.21 Å². The molecule has 0 unspecified atom stereocenters. The van der Waals surface area contributed by atoms with E-state index in [0.29, 0.717) is 5.02 Å². The molecule has 1 aromatic carbocycles. The predicted octanol–water partition coefficient (Wildman–Crippen LogP) is 0.337. The fraction of sp³-hybridized carbons (Fsp3) is 0. The molecule has 1 N–H and O–H groups in total. The van der Waals surface area contributed by atoms with Crippen molar-refractivity contribution in [1.29, 1.82) is 0 Å². The topological polar surface area (TPSA) is 37.0 Å². The van der Waals surface area contributed by atoms with Gasteiger partial charge in [-0.3, -0.25) is 0 Å². The van der Waals surface area contributed by atoms with E-state index in [9.17, 15) is 5.21 Å². The Labute approximate surface area is 63.7 Å². The lowest BCUT2D eigenvalue weighted by Crippen LogP contribution is -2.60. The molecule has 2 nitrogen and oxygen atoms in total. The minimum Gasteiger partial charge on any atom is -0.625 e. The number of hydrogen-bond acceptors (Lipinski definition) is 1. The van der Waals surface area contributed by atoms with Crippen molar-refractivity contribution >= 4 is 17.8 Å². The normalized spacial score (nSPS) is 10.5. The van der Waals surface area contributed by atoms with Crippen LogP contribution in [-0.2, 0) is 0 Å². The molecule has 10 heavy (non-hydrogen) atoms. The first-order valence-corrected chi connectivity index (χ1v) is 3.17. The average molecular weight is 156 g/mol. The van der Waals surface area contributed by atoms with Gasteiger partial charge in [0.05, 0.1) is 0 Å². The molecule has 52 valence electrons. The summed E-state index contributed by atoms with van der Waals surface area (Å²) in [6.07, 6.45) is 1.36. The predicted molar refractivity (Wildman–Crippen MR) is 40.9 cm³/mol. The molecule has 3 heteroatoms. The van der Waals surface area contributed by atoms with E-state index in [4.69, 9.17) is 11.6 Å². The zero-order valence-corrected chi connectivity index (χ0v) is 5.93. The van der Waals surface area contributed by atoms with Gasteiger partial charge in [0.2, 0.25) is 0 Å². The molecule has 0 aromatic heterocycles. The van der Waals surface area contributed by atoms with E-state index >= 15 is 0 Å². The van der Waals surface area contributed by atoms with Crippen LogP contribution in [0.3, 0.4) is 0 Å². The monoisotopic (exact) mass is 155 g/mol. The highest BCUT2D eigenvalue weighted by Gasteiger charge is 1.88. The molecule has 0 saturated carbocycles. The maximum Gasteiger partial charge on any atom is 0.179 e. The fourth-order valence-corrected chi connectivity index (χ4v) is 0.753. The van der Waals surface area contributed by atoms with Crippen molar-refractivity contribution in [3.05, 3.63) is 40.1 Å². The number of rotatable bonds is 1. The zero-order valence-electron chi connectivity index (χ0n) is 5.17. The summed E-state index contributed by atoms with van der Waals surface area (Å²) >= 11 is 5.60. The van der Waals surface area contributed by atoms with Crippen LogP contribution in [0.2, 0.25) is 5.02 Å². The van der Waals surface area contributed by atoms with Crippen molar-refractivity contribution < 1.29 is 5.16 Å². The molecule has 0 bridgehead atoms. The Hall–Kier alpha value is -1.02. The largest absolute Gasteiger partial charge is 0.625 e. The lowest BCUT2D eigenvalue weighted by molar-refractivity contribution is -0.366. The lowest BCUT2D eigenvalue weighted by Gasteiger charge is -1.88. The van der Waals surface area contributed by atoms with Crippen LogP contribution < -0.4 is 5.16 Å². The molecule has 0 radical (unpaired) electrons. The Morgan fingerprint density at radius 1 is 1.30 bits per heavy atom. The quantitative estimate of drug-likeness (QED) is 0.355. The zero-order chi connectivity index (χ0) is 7.40. The number of nitrogens with one attached hydrogen (secondary N) is 1. The van der Waals surface area contributed by atoms with Gasteiger partial charge in [-0.1, -0.05) is 11.6 Å². The fourth-order valence-electron chi connectivity index (χ4n) is 0.627. The van der Waals surface area contributed by atoms with Gasteiger partial charge >= 0.3 is 0 Å². The maximum absolute atomic E-state index is 9.85. The minimum absolute atomic E-state index is 0.669. The Balaban J connectivity index is 2.89. The molecule has 0 heterocycles. The molecule has 0 atom stereocenters. The van der Waals surface area contributed by atoms with E-state index in [1.807, 2.05) is 0 Å². The second kappa shape index (κ2) is 3.22. The first-order chi connectivity index (χ1) is 4.83. The second-order valence-electron chi connectivity index (χ2n) is 1.81. The highest BCUT2D eigenvalue weighted by atomic mass is 35.5. The third-order valence-electron chi connectivity index (χ3n) is 1.10. The van der Waals surface area contributed by atoms with Gasteiger partial charge in [-0.2, -0.15) is 0 Å². The van der Waals surface area contributed by atoms with E-state index in [2.05, 4.69) is 0 Å². The molecule has 0 aliphatic carbocycles. The molecular formula is C7H6ClNO. The summed E-state index contributed by atoms with van der Waals surface area (Å²) in [5, 5.41) is 12.2. The second-order valence-corrected chi connectivity index (χ2v) is 2.25. The first-order valence-electron chi connectivity index (χ1n) is 2.79. The highest BCUT2D eigenvalue weighted by molar-refractivity contribution is 6.30. The summed E-state index contributed by atoms with van der Waals surface area (Å²) in [7, 11) is 0. The summed E-state index contributed by atoms with van der Waals surface area (Å²) < 4.78 is 0. The summed E-state index contributed by atoms with van der Waals surface area (Å²) in [5.74, 6) is 0. The van der Waals surface area contributed by atoms with E-state index in [1.54, 1.807) is 29.4 Å². The molecular weight excluding hydrogens is 150 g/mol. The van der Waals surface area contributed by atoms with Crippen molar-refractivity contribution in [2.24, 2.45) is 0 Å². The first kappa shape index (κ1) is 7.09. The third kappa shape index (κ3) is 1.74. The van der Waals surface area contributed by atoms with Gasteiger partial charge in [0, 0.05) is 10.6 Å². The highest BCUT2D eigenvalue weighted by Crippen LogP contribution is 2.06. The smallest absolute Gasteiger partial charge is 0.179 e. The number of halogens is 1. The van der Waals surface area contributed by atoms with Gasteiger partial charge in [0.1, 0.15) is 0 Å². The molecule has 0 amide bonds. The van der Waals surface area contributed by atoms with Crippen LogP contribution in [0.4, 0.5) is 0 Å². The SMILES string of the molecule is [O-][NH+]=Cc1ccc(Cl)cc1. The Kier molecular flexibility index (Phi) is 2.29.